The number of nitrogens with one attached hydrogen (secondary N) is 2. The predicted octanol–water partition coefficient (Wildman–Crippen LogP) is 3.89. The molecule has 0 unspecified atom stereocenters. The van der Waals surface area contributed by atoms with Crippen molar-refractivity contribution in [3.05, 3.63) is 29.6 Å². The van der Waals surface area contributed by atoms with Gasteiger partial charge < -0.3 is 10.6 Å². The number of hydrogen-bond acceptors (Lipinski definition) is 2. The number of guanidine groups is 1. The quantitative estimate of drug-likeness (QED) is 0.292. The van der Waals surface area contributed by atoms with Gasteiger partial charge in [0.2, 0.25) is 0 Å². The number of unbranched alkanes of at least 4 members (excludes halogenated alkanes) is 1. The Labute approximate surface area is 152 Å². The van der Waals surface area contributed by atoms with E-state index in [2.05, 4.69) is 41.4 Å². The first-order valence-corrected chi connectivity index (χ1v) is 8.06. The highest BCUT2D eigenvalue weighted by atomic mass is 127. The normalized spacial score (nSPS) is 11.2. The molecular weight excluding hydrogens is 387 g/mol. The molecule has 0 aliphatic heterocycles. The van der Waals surface area contributed by atoms with Crippen LogP contribution in [0.4, 0.5) is 0 Å². The largest absolute Gasteiger partial charge is 0.357 e. The van der Waals surface area contributed by atoms with Gasteiger partial charge in [-0.1, -0.05) is 32.8 Å². The van der Waals surface area contributed by atoms with Crippen molar-refractivity contribution in [3.63, 3.8) is 0 Å². The molecule has 0 aliphatic rings. The number of hydrogen-bond donors (Lipinski definition) is 2. The van der Waals surface area contributed by atoms with E-state index < -0.39 is 0 Å². The molecule has 4 nitrogen and oxygen atoms in total. The molecule has 126 valence electrons. The van der Waals surface area contributed by atoms with Gasteiger partial charge in [0.25, 0.3) is 0 Å². The molecule has 2 N–H and O–H groups in total. The average molecular weight is 418 g/mol. The first-order valence-electron chi connectivity index (χ1n) is 8.06. The van der Waals surface area contributed by atoms with Crippen LogP contribution in [0.5, 0.6) is 0 Å². The second kappa shape index (κ2) is 12.7. The number of halogens is 1. The first-order chi connectivity index (χ1) is 10.1. The molecule has 1 rings (SSSR count). The molecular formula is C17H31IN4. The summed E-state index contributed by atoms with van der Waals surface area (Å²) in [6.45, 7) is 11.1. The van der Waals surface area contributed by atoms with Crippen molar-refractivity contribution in [1.82, 2.24) is 15.6 Å². The number of rotatable bonds is 8. The lowest BCUT2D eigenvalue weighted by atomic mass is 10.1. The van der Waals surface area contributed by atoms with Crippen molar-refractivity contribution < 1.29 is 0 Å². The standard InChI is InChI=1S/C17H30N4.HI/c1-5-18-17(19-12-7-6-9-14(2)3)20-13-16-11-8-10-15(4)21-16;/h8,10-11,14H,5-7,9,12-13H2,1-4H3,(H2,18,19,20);1H. The molecule has 1 aromatic heterocycles. The van der Waals surface area contributed by atoms with Crippen LogP contribution in [0, 0.1) is 12.8 Å². The van der Waals surface area contributed by atoms with E-state index in [4.69, 9.17) is 0 Å². The monoisotopic (exact) mass is 418 g/mol. The molecule has 0 fully saturated rings. The van der Waals surface area contributed by atoms with Gasteiger partial charge >= 0.3 is 0 Å². The molecule has 0 amide bonds. The molecule has 0 saturated carbocycles. The van der Waals surface area contributed by atoms with Gasteiger partial charge in [-0.2, -0.15) is 0 Å². The van der Waals surface area contributed by atoms with Crippen LogP contribution in [-0.4, -0.2) is 24.0 Å². The number of aryl methyl sites for hydroxylation is 1. The lowest BCUT2D eigenvalue weighted by Gasteiger charge is -2.11. The summed E-state index contributed by atoms with van der Waals surface area (Å²) in [5.74, 6) is 1.67. The van der Waals surface area contributed by atoms with Crippen molar-refractivity contribution in [3.8, 4) is 0 Å². The Hall–Kier alpha value is -0.850. The van der Waals surface area contributed by atoms with E-state index in [9.17, 15) is 0 Å². The van der Waals surface area contributed by atoms with Crippen molar-refractivity contribution in [2.75, 3.05) is 13.1 Å². The van der Waals surface area contributed by atoms with E-state index in [0.29, 0.717) is 6.54 Å². The molecule has 0 spiro atoms. The fraction of sp³-hybridized carbons (Fsp3) is 0.647. The summed E-state index contributed by atoms with van der Waals surface area (Å²) >= 11 is 0. The van der Waals surface area contributed by atoms with Crippen LogP contribution in [-0.2, 0) is 6.54 Å². The van der Waals surface area contributed by atoms with Gasteiger partial charge in [-0.3, -0.25) is 4.98 Å². The van der Waals surface area contributed by atoms with E-state index in [1.807, 2.05) is 25.1 Å². The third-order valence-electron chi connectivity index (χ3n) is 3.19. The highest BCUT2D eigenvalue weighted by Gasteiger charge is 1.99. The summed E-state index contributed by atoms with van der Waals surface area (Å²) in [4.78, 5) is 9.06. The maximum Gasteiger partial charge on any atom is 0.191 e. The van der Waals surface area contributed by atoms with E-state index in [1.165, 1.54) is 19.3 Å². The molecule has 5 heteroatoms. The topological polar surface area (TPSA) is 49.3 Å². The summed E-state index contributed by atoms with van der Waals surface area (Å²) in [5.41, 5.74) is 2.04. The van der Waals surface area contributed by atoms with Crippen molar-refractivity contribution in [1.29, 1.82) is 0 Å². The van der Waals surface area contributed by atoms with Gasteiger partial charge in [-0.25, -0.2) is 4.99 Å². The van der Waals surface area contributed by atoms with E-state index in [1.54, 1.807) is 0 Å². The smallest absolute Gasteiger partial charge is 0.191 e. The molecule has 0 aromatic carbocycles. The lowest BCUT2D eigenvalue weighted by molar-refractivity contribution is 0.534. The molecule has 1 heterocycles. The van der Waals surface area contributed by atoms with Gasteiger partial charge in [0.05, 0.1) is 12.2 Å². The molecule has 0 radical (unpaired) electrons. The summed E-state index contributed by atoms with van der Waals surface area (Å²) in [7, 11) is 0. The Balaban J connectivity index is 0.00000441. The fourth-order valence-corrected chi connectivity index (χ4v) is 2.07. The summed E-state index contributed by atoms with van der Waals surface area (Å²) in [6.07, 6.45) is 3.75. The van der Waals surface area contributed by atoms with Crippen LogP contribution in [0.25, 0.3) is 0 Å². The van der Waals surface area contributed by atoms with Crippen LogP contribution >= 0.6 is 24.0 Å². The van der Waals surface area contributed by atoms with Crippen molar-refractivity contribution >= 4 is 29.9 Å². The number of aliphatic imine (C=N–C) groups is 1. The zero-order valence-electron chi connectivity index (χ0n) is 14.4. The van der Waals surface area contributed by atoms with E-state index >= 15 is 0 Å². The molecule has 0 saturated heterocycles. The maximum absolute atomic E-state index is 4.59. The number of nitrogens with zero attached hydrogens (tertiary/aromatic N) is 2. The van der Waals surface area contributed by atoms with Crippen molar-refractivity contribution in [2.45, 2.75) is 53.5 Å². The lowest BCUT2D eigenvalue weighted by Crippen LogP contribution is -2.37. The molecule has 1 aromatic rings. The summed E-state index contributed by atoms with van der Waals surface area (Å²) in [5, 5.41) is 6.67. The third-order valence-corrected chi connectivity index (χ3v) is 3.19. The Bertz CT molecular complexity index is 432. The second-order valence-electron chi connectivity index (χ2n) is 5.78. The third kappa shape index (κ3) is 9.97. The minimum atomic E-state index is 0. The highest BCUT2D eigenvalue weighted by molar-refractivity contribution is 14.0. The Morgan fingerprint density at radius 2 is 2.00 bits per heavy atom. The van der Waals surface area contributed by atoms with Crippen LogP contribution < -0.4 is 10.6 Å². The van der Waals surface area contributed by atoms with Gasteiger partial charge in [0.15, 0.2) is 5.96 Å². The highest BCUT2D eigenvalue weighted by Crippen LogP contribution is 2.05. The number of aromatic nitrogens is 1. The van der Waals surface area contributed by atoms with Gasteiger partial charge in [0.1, 0.15) is 0 Å². The van der Waals surface area contributed by atoms with Crippen LogP contribution in [0.1, 0.15) is 51.4 Å². The Morgan fingerprint density at radius 3 is 2.64 bits per heavy atom. The summed E-state index contributed by atoms with van der Waals surface area (Å²) in [6, 6.07) is 6.05. The zero-order chi connectivity index (χ0) is 15.5. The Morgan fingerprint density at radius 1 is 1.23 bits per heavy atom. The van der Waals surface area contributed by atoms with Gasteiger partial charge in [-0.05, 0) is 38.3 Å². The predicted molar refractivity (Wildman–Crippen MR) is 106 cm³/mol. The molecule has 0 bridgehead atoms. The minimum absolute atomic E-state index is 0. The van der Waals surface area contributed by atoms with Crippen LogP contribution in [0.3, 0.4) is 0 Å². The van der Waals surface area contributed by atoms with E-state index in [-0.39, 0.29) is 24.0 Å². The molecule has 22 heavy (non-hydrogen) atoms. The number of pyridine rings is 1. The molecule has 0 aliphatic carbocycles. The zero-order valence-corrected chi connectivity index (χ0v) is 16.7. The maximum atomic E-state index is 4.59. The summed E-state index contributed by atoms with van der Waals surface area (Å²) < 4.78 is 0. The van der Waals surface area contributed by atoms with Crippen LogP contribution in [0.2, 0.25) is 0 Å². The minimum Gasteiger partial charge on any atom is -0.357 e. The fourth-order valence-electron chi connectivity index (χ4n) is 2.07. The Kier molecular flexibility index (Phi) is 12.2. The van der Waals surface area contributed by atoms with Crippen LogP contribution in [0.15, 0.2) is 23.2 Å². The second-order valence-corrected chi connectivity index (χ2v) is 5.78. The van der Waals surface area contributed by atoms with Gasteiger partial charge in [0, 0.05) is 18.8 Å². The van der Waals surface area contributed by atoms with Crippen molar-refractivity contribution in [2.24, 2.45) is 10.9 Å². The SMILES string of the molecule is CCNC(=NCc1cccc(C)n1)NCCCCC(C)C.I. The molecule has 0 atom stereocenters. The average Bonchev–Trinajstić information content (AvgIpc) is 2.44. The first kappa shape index (κ1) is 21.1. The van der Waals surface area contributed by atoms with Gasteiger partial charge in [-0.15, -0.1) is 24.0 Å². The van der Waals surface area contributed by atoms with E-state index in [0.717, 1.165) is 36.4 Å².